The van der Waals surface area contributed by atoms with Gasteiger partial charge in [-0.1, -0.05) is 29.3 Å². The highest BCUT2D eigenvalue weighted by Gasteiger charge is 2.15. The second kappa shape index (κ2) is 9.24. The number of aromatic hydroxyl groups is 1. The number of pyridine rings is 1. The fraction of sp³-hybridized carbons (Fsp3) is 0.190. The number of hydrogen-bond donors (Lipinski definition) is 2. The second-order valence-electron chi connectivity index (χ2n) is 6.16. The standard InChI is InChI=1S/C21H19Cl2FN2O2/c1-28-9-3-8-25-20-11-13(21-16(22)4-2-5-17(21)23)10-18(26-20)15-12-14(24)6-7-19(15)27/h2,4-7,10-12,27H,3,8-9H2,1H3,(H,25,26). The van der Waals surface area contributed by atoms with E-state index in [2.05, 4.69) is 10.3 Å². The molecule has 0 bridgehead atoms. The molecule has 2 aromatic carbocycles. The number of hydrogen-bond acceptors (Lipinski definition) is 4. The molecular weight excluding hydrogens is 402 g/mol. The minimum absolute atomic E-state index is 0.0679. The van der Waals surface area contributed by atoms with Crippen molar-refractivity contribution in [3.05, 3.63) is 64.4 Å². The Hall–Kier alpha value is -2.34. The van der Waals surface area contributed by atoms with Gasteiger partial charge in [-0.15, -0.1) is 0 Å². The van der Waals surface area contributed by atoms with E-state index in [0.717, 1.165) is 6.42 Å². The number of phenols is 1. The molecule has 0 unspecified atom stereocenters. The van der Waals surface area contributed by atoms with E-state index in [1.54, 1.807) is 31.4 Å². The van der Waals surface area contributed by atoms with Gasteiger partial charge in [-0.05, 0) is 54.4 Å². The molecule has 0 saturated heterocycles. The molecule has 3 rings (SSSR count). The van der Waals surface area contributed by atoms with Crippen LogP contribution in [0.5, 0.6) is 5.75 Å². The lowest BCUT2D eigenvalue weighted by Crippen LogP contribution is -2.06. The molecule has 146 valence electrons. The summed E-state index contributed by atoms with van der Waals surface area (Å²) in [5, 5.41) is 14.4. The summed E-state index contributed by atoms with van der Waals surface area (Å²) in [4.78, 5) is 4.52. The van der Waals surface area contributed by atoms with Crippen LogP contribution >= 0.6 is 23.2 Å². The zero-order valence-electron chi connectivity index (χ0n) is 15.2. The fourth-order valence-corrected chi connectivity index (χ4v) is 3.44. The molecule has 1 aromatic heterocycles. The average Bonchev–Trinajstić information content (AvgIpc) is 2.67. The van der Waals surface area contributed by atoms with E-state index < -0.39 is 5.82 Å². The van der Waals surface area contributed by atoms with Crippen LogP contribution in [-0.2, 0) is 4.74 Å². The van der Waals surface area contributed by atoms with Gasteiger partial charge in [0.25, 0.3) is 0 Å². The van der Waals surface area contributed by atoms with Gasteiger partial charge >= 0.3 is 0 Å². The monoisotopic (exact) mass is 420 g/mol. The molecule has 0 fully saturated rings. The first-order chi connectivity index (χ1) is 13.5. The summed E-state index contributed by atoms with van der Waals surface area (Å²) >= 11 is 12.7. The van der Waals surface area contributed by atoms with Crippen LogP contribution in [0.3, 0.4) is 0 Å². The first-order valence-electron chi connectivity index (χ1n) is 8.67. The van der Waals surface area contributed by atoms with Crippen LogP contribution in [0.4, 0.5) is 10.2 Å². The van der Waals surface area contributed by atoms with Gasteiger partial charge in [0.15, 0.2) is 0 Å². The van der Waals surface area contributed by atoms with Gasteiger partial charge < -0.3 is 15.2 Å². The maximum Gasteiger partial charge on any atom is 0.127 e. The van der Waals surface area contributed by atoms with Crippen LogP contribution in [0.2, 0.25) is 10.0 Å². The largest absolute Gasteiger partial charge is 0.507 e. The number of rotatable bonds is 7. The quantitative estimate of drug-likeness (QED) is 0.459. The Labute approximate surface area is 172 Å². The predicted octanol–water partition coefficient (Wildman–Crippen LogP) is 6.02. The summed E-state index contributed by atoms with van der Waals surface area (Å²) < 4.78 is 18.8. The Morgan fingerprint density at radius 1 is 1.11 bits per heavy atom. The molecule has 7 heteroatoms. The molecule has 0 radical (unpaired) electrons. The number of aromatic nitrogens is 1. The van der Waals surface area contributed by atoms with Crippen LogP contribution in [0.1, 0.15) is 6.42 Å². The smallest absolute Gasteiger partial charge is 0.127 e. The molecule has 4 nitrogen and oxygen atoms in total. The van der Waals surface area contributed by atoms with Crippen LogP contribution < -0.4 is 5.32 Å². The van der Waals surface area contributed by atoms with Crippen molar-refractivity contribution < 1.29 is 14.2 Å². The Bertz CT molecular complexity index is 962. The van der Waals surface area contributed by atoms with Crippen LogP contribution in [-0.4, -0.2) is 30.4 Å². The van der Waals surface area contributed by atoms with Crippen LogP contribution in [0, 0.1) is 5.82 Å². The Morgan fingerprint density at radius 2 is 1.86 bits per heavy atom. The minimum atomic E-state index is -0.467. The summed E-state index contributed by atoms with van der Waals surface area (Å²) in [7, 11) is 1.64. The third kappa shape index (κ3) is 4.73. The zero-order chi connectivity index (χ0) is 20.1. The van der Waals surface area contributed by atoms with Gasteiger partial charge in [-0.3, -0.25) is 0 Å². The fourth-order valence-electron chi connectivity index (χ4n) is 2.82. The molecule has 2 N–H and O–H groups in total. The number of nitrogens with zero attached hydrogens (tertiary/aromatic N) is 1. The summed E-state index contributed by atoms with van der Waals surface area (Å²) in [5.74, 6) is 0.0234. The van der Waals surface area contributed by atoms with Crippen LogP contribution in [0.15, 0.2) is 48.5 Å². The average molecular weight is 421 g/mol. The molecule has 0 saturated carbocycles. The van der Waals surface area contributed by atoms with Crippen molar-refractivity contribution in [2.24, 2.45) is 0 Å². The molecule has 1 heterocycles. The van der Waals surface area contributed by atoms with Gasteiger partial charge in [-0.25, -0.2) is 9.37 Å². The van der Waals surface area contributed by atoms with E-state index in [0.29, 0.717) is 45.8 Å². The number of methoxy groups -OCH3 is 1. The minimum Gasteiger partial charge on any atom is -0.507 e. The Balaban J connectivity index is 2.10. The SMILES string of the molecule is COCCCNc1cc(-c2c(Cl)cccc2Cl)cc(-c2cc(F)ccc2O)n1. The molecular formula is C21H19Cl2FN2O2. The lowest BCUT2D eigenvalue weighted by atomic mass is 10.0. The molecule has 0 aliphatic heterocycles. The summed E-state index contributed by atoms with van der Waals surface area (Å²) in [6, 6.07) is 12.5. The van der Waals surface area contributed by atoms with Crippen molar-refractivity contribution in [3.8, 4) is 28.1 Å². The molecule has 0 aliphatic rings. The number of anilines is 1. The van der Waals surface area contributed by atoms with E-state index in [9.17, 15) is 9.50 Å². The van der Waals surface area contributed by atoms with Crippen molar-refractivity contribution in [1.29, 1.82) is 0 Å². The van der Waals surface area contributed by atoms with Gasteiger partial charge in [0.1, 0.15) is 17.4 Å². The predicted molar refractivity (Wildman–Crippen MR) is 112 cm³/mol. The molecule has 0 spiro atoms. The molecule has 0 atom stereocenters. The molecule has 0 aliphatic carbocycles. The Morgan fingerprint density at radius 3 is 2.57 bits per heavy atom. The molecule has 3 aromatic rings. The van der Waals surface area contributed by atoms with E-state index >= 15 is 0 Å². The van der Waals surface area contributed by atoms with Crippen molar-refractivity contribution >= 4 is 29.0 Å². The maximum absolute atomic E-state index is 13.8. The van der Waals surface area contributed by atoms with Crippen LogP contribution in [0.25, 0.3) is 22.4 Å². The number of halogens is 3. The number of phenolic OH excluding ortho intramolecular Hbond substituents is 1. The van der Waals surface area contributed by atoms with Gasteiger partial charge in [0.05, 0.1) is 5.69 Å². The Kier molecular flexibility index (Phi) is 6.73. The zero-order valence-corrected chi connectivity index (χ0v) is 16.7. The second-order valence-corrected chi connectivity index (χ2v) is 6.97. The van der Waals surface area contributed by atoms with Gasteiger partial charge in [-0.2, -0.15) is 0 Å². The van der Waals surface area contributed by atoms with E-state index in [-0.39, 0.29) is 11.3 Å². The highest BCUT2D eigenvalue weighted by atomic mass is 35.5. The van der Waals surface area contributed by atoms with Crippen molar-refractivity contribution in [2.75, 3.05) is 25.6 Å². The summed E-state index contributed by atoms with van der Waals surface area (Å²) in [6.07, 6.45) is 0.788. The van der Waals surface area contributed by atoms with E-state index in [1.807, 2.05) is 6.07 Å². The normalized spacial score (nSPS) is 10.9. The first kappa shape index (κ1) is 20.4. The first-order valence-corrected chi connectivity index (χ1v) is 9.43. The van der Waals surface area contributed by atoms with E-state index in [1.165, 1.54) is 18.2 Å². The number of ether oxygens (including phenoxy) is 1. The van der Waals surface area contributed by atoms with Crippen molar-refractivity contribution in [1.82, 2.24) is 4.98 Å². The van der Waals surface area contributed by atoms with Crippen molar-refractivity contribution in [2.45, 2.75) is 6.42 Å². The third-order valence-corrected chi connectivity index (χ3v) is 4.77. The van der Waals surface area contributed by atoms with Crippen molar-refractivity contribution in [3.63, 3.8) is 0 Å². The maximum atomic E-state index is 13.8. The summed E-state index contributed by atoms with van der Waals surface area (Å²) in [5.41, 5.74) is 2.04. The number of nitrogens with one attached hydrogen (secondary N) is 1. The highest BCUT2D eigenvalue weighted by Crippen LogP contribution is 2.38. The van der Waals surface area contributed by atoms with E-state index in [4.69, 9.17) is 27.9 Å². The molecule has 28 heavy (non-hydrogen) atoms. The lowest BCUT2D eigenvalue weighted by molar-refractivity contribution is 0.198. The number of benzene rings is 2. The van der Waals surface area contributed by atoms with Gasteiger partial charge in [0.2, 0.25) is 0 Å². The lowest BCUT2D eigenvalue weighted by Gasteiger charge is -2.14. The molecule has 0 amide bonds. The highest BCUT2D eigenvalue weighted by molar-refractivity contribution is 6.39. The topological polar surface area (TPSA) is 54.4 Å². The van der Waals surface area contributed by atoms with Gasteiger partial charge in [0, 0.05) is 41.4 Å². The third-order valence-electron chi connectivity index (χ3n) is 4.14. The summed E-state index contributed by atoms with van der Waals surface area (Å²) in [6.45, 7) is 1.25.